The van der Waals surface area contributed by atoms with Crippen LogP contribution in [0.5, 0.6) is 0 Å². The van der Waals surface area contributed by atoms with Crippen LogP contribution in [0.3, 0.4) is 0 Å². The van der Waals surface area contributed by atoms with Crippen LogP contribution < -0.4 is 5.73 Å². The van der Waals surface area contributed by atoms with E-state index in [9.17, 15) is 9.59 Å². The van der Waals surface area contributed by atoms with E-state index in [1.165, 1.54) is 11.8 Å². The van der Waals surface area contributed by atoms with Crippen LogP contribution in [-0.2, 0) is 16.1 Å². The average Bonchev–Trinajstić information content (AvgIpc) is 3.11. The number of nitrogens with zero attached hydrogens (tertiary/aromatic N) is 3. The molecule has 0 aliphatic rings. The molecule has 21 heavy (non-hydrogen) atoms. The molecular weight excluding hydrogens is 308 g/mol. The van der Waals surface area contributed by atoms with Crippen LogP contribution in [-0.4, -0.2) is 32.2 Å². The summed E-state index contributed by atoms with van der Waals surface area (Å²) in [5, 5.41) is 10.9. The maximum absolute atomic E-state index is 11.4. The summed E-state index contributed by atoms with van der Waals surface area (Å²) in [5.74, 6) is 0.844. The summed E-state index contributed by atoms with van der Waals surface area (Å²) in [6.45, 7) is 2.25. The van der Waals surface area contributed by atoms with E-state index in [1.807, 2.05) is 29.0 Å². The Morgan fingerprint density at radius 1 is 1.43 bits per heavy atom. The van der Waals surface area contributed by atoms with Crippen LogP contribution in [0, 0.1) is 0 Å². The summed E-state index contributed by atoms with van der Waals surface area (Å²) >= 11 is 2.89. The molecule has 0 fully saturated rings. The lowest BCUT2D eigenvalue weighted by molar-refractivity contribution is -0.118. The van der Waals surface area contributed by atoms with Crippen molar-refractivity contribution >= 4 is 34.8 Å². The van der Waals surface area contributed by atoms with Crippen LogP contribution >= 0.6 is 23.1 Å². The highest BCUT2D eigenvalue weighted by molar-refractivity contribution is 7.99. The van der Waals surface area contributed by atoms with Crippen molar-refractivity contribution in [3.63, 3.8) is 0 Å². The van der Waals surface area contributed by atoms with Gasteiger partial charge in [0.2, 0.25) is 5.91 Å². The minimum atomic E-state index is -0.374. The van der Waals surface area contributed by atoms with Gasteiger partial charge in [0.05, 0.1) is 10.6 Å². The number of hydrogen-bond acceptors (Lipinski definition) is 6. The summed E-state index contributed by atoms with van der Waals surface area (Å²) in [6.07, 6.45) is 0.714. The second kappa shape index (κ2) is 7.37. The first-order valence-electron chi connectivity index (χ1n) is 6.51. The van der Waals surface area contributed by atoms with Crippen molar-refractivity contribution in [1.82, 2.24) is 14.8 Å². The number of amides is 1. The van der Waals surface area contributed by atoms with Crippen LogP contribution in [0.4, 0.5) is 0 Å². The number of nitrogens with two attached hydrogens (primary N) is 1. The van der Waals surface area contributed by atoms with Crippen molar-refractivity contribution in [3.8, 4) is 10.7 Å². The predicted molar refractivity (Wildman–Crippen MR) is 83.2 cm³/mol. The Bertz CT molecular complexity index is 622. The summed E-state index contributed by atoms with van der Waals surface area (Å²) in [6, 6.07) is 3.88. The zero-order valence-electron chi connectivity index (χ0n) is 11.6. The number of carbonyl (C=O) groups is 2. The summed E-state index contributed by atoms with van der Waals surface area (Å²) in [7, 11) is 0. The van der Waals surface area contributed by atoms with Crippen molar-refractivity contribution in [2.24, 2.45) is 5.73 Å². The van der Waals surface area contributed by atoms with Gasteiger partial charge in [0.25, 0.3) is 0 Å². The first-order chi connectivity index (χ1) is 10.1. The standard InChI is InChI=1S/C13H16N4O2S2/c1-2-9(18)8-21-13-16-15-12(10-4-3-7-20-10)17(13)6-5-11(14)19/h3-4,7H,2,5-6,8H2,1H3,(H2,14,19). The van der Waals surface area contributed by atoms with Crippen LogP contribution in [0.15, 0.2) is 22.7 Å². The van der Waals surface area contributed by atoms with E-state index in [0.717, 1.165) is 4.88 Å². The van der Waals surface area contributed by atoms with E-state index in [4.69, 9.17) is 5.73 Å². The molecule has 8 heteroatoms. The minimum absolute atomic E-state index is 0.155. The van der Waals surface area contributed by atoms with Crippen LogP contribution in [0.25, 0.3) is 10.7 Å². The number of hydrogen-bond donors (Lipinski definition) is 1. The summed E-state index contributed by atoms with van der Waals surface area (Å²) in [5.41, 5.74) is 5.22. The Hall–Kier alpha value is -1.67. The number of thioether (sulfide) groups is 1. The predicted octanol–water partition coefficient (Wildman–Crippen LogP) is 1.95. The molecule has 0 saturated heterocycles. The van der Waals surface area contributed by atoms with E-state index < -0.39 is 0 Å². The molecule has 0 aliphatic heterocycles. The normalized spacial score (nSPS) is 10.7. The van der Waals surface area contributed by atoms with Gasteiger partial charge in [-0.05, 0) is 11.4 Å². The van der Waals surface area contributed by atoms with E-state index >= 15 is 0 Å². The van der Waals surface area contributed by atoms with Gasteiger partial charge < -0.3 is 10.3 Å². The van der Waals surface area contributed by atoms with Crippen molar-refractivity contribution in [3.05, 3.63) is 17.5 Å². The van der Waals surface area contributed by atoms with Crippen molar-refractivity contribution in [2.45, 2.75) is 31.5 Å². The van der Waals surface area contributed by atoms with E-state index in [0.29, 0.717) is 29.7 Å². The third-order valence-electron chi connectivity index (χ3n) is 2.80. The fraction of sp³-hybridized carbons (Fsp3) is 0.385. The lowest BCUT2D eigenvalue weighted by atomic mass is 10.4. The topological polar surface area (TPSA) is 90.9 Å². The Balaban J connectivity index is 2.23. The molecule has 112 valence electrons. The molecule has 2 heterocycles. The molecule has 2 rings (SSSR count). The smallest absolute Gasteiger partial charge is 0.219 e. The average molecular weight is 324 g/mol. The zero-order chi connectivity index (χ0) is 15.2. The monoisotopic (exact) mass is 324 g/mol. The maximum atomic E-state index is 11.4. The number of Topliss-reactive ketones (excluding diaryl/α,β-unsaturated/α-hetero) is 1. The molecule has 0 bridgehead atoms. The molecule has 6 nitrogen and oxygen atoms in total. The van der Waals surface area contributed by atoms with E-state index in [-0.39, 0.29) is 18.1 Å². The van der Waals surface area contributed by atoms with Gasteiger partial charge in [0.15, 0.2) is 11.0 Å². The minimum Gasteiger partial charge on any atom is -0.370 e. The summed E-state index contributed by atoms with van der Waals surface area (Å²) < 4.78 is 1.85. The Kier molecular flexibility index (Phi) is 5.51. The molecule has 2 aromatic heterocycles. The third-order valence-corrected chi connectivity index (χ3v) is 4.69. The first-order valence-corrected chi connectivity index (χ1v) is 8.38. The molecule has 0 radical (unpaired) electrons. The van der Waals surface area contributed by atoms with Crippen molar-refractivity contribution < 1.29 is 9.59 Å². The van der Waals surface area contributed by atoms with Gasteiger partial charge in [-0.1, -0.05) is 24.8 Å². The highest BCUT2D eigenvalue weighted by atomic mass is 32.2. The van der Waals surface area contributed by atoms with Gasteiger partial charge in [-0.3, -0.25) is 9.59 Å². The number of rotatable bonds is 8. The van der Waals surface area contributed by atoms with Crippen molar-refractivity contribution in [1.29, 1.82) is 0 Å². The van der Waals surface area contributed by atoms with Crippen molar-refractivity contribution in [2.75, 3.05) is 5.75 Å². The number of carbonyl (C=O) groups excluding carboxylic acids is 2. The van der Waals surface area contributed by atoms with Gasteiger partial charge >= 0.3 is 0 Å². The zero-order valence-corrected chi connectivity index (χ0v) is 13.2. The second-order valence-corrected chi connectivity index (χ2v) is 6.22. The molecule has 0 atom stereocenters. The van der Waals surface area contributed by atoms with E-state index in [1.54, 1.807) is 11.3 Å². The van der Waals surface area contributed by atoms with Gasteiger partial charge in [0, 0.05) is 19.4 Å². The van der Waals surface area contributed by atoms with Gasteiger partial charge in [-0.25, -0.2) is 0 Å². The fourth-order valence-corrected chi connectivity index (χ4v) is 3.30. The molecule has 2 N–H and O–H groups in total. The lowest BCUT2D eigenvalue weighted by Crippen LogP contribution is -2.15. The number of primary amides is 1. The van der Waals surface area contributed by atoms with Crippen LogP contribution in [0.1, 0.15) is 19.8 Å². The SMILES string of the molecule is CCC(=O)CSc1nnc(-c2cccs2)n1CCC(N)=O. The van der Waals surface area contributed by atoms with Gasteiger partial charge in [0.1, 0.15) is 5.78 Å². The molecular formula is C13H16N4O2S2. The van der Waals surface area contributed by atoms with Gasteiger partial charge in [-0.2, -0.15) is 0 Å². The molecule has 1 amide bonds. The highest BCUT2D eigenvalue weighted by Crippen LogP contribution is 2.27. The van der Waals surface area contributed by atoms with Crippen LogP contribution in [0.2, 0.25) is 0 Å². The largest absolute Gasteiger partial charge is 0.370 e. The highest BCUT2D eigenvalue weighted by Gasteiger charge is 2.16. The quantitative estimate of drug-likeness (QED) is 0.749. The molecule has 0 spiro atoms. The number of thiophene rings is 1. The molecule has 0 aromatic carbocycles. The Morgan fingerprint density at radius 3 is 2.86 bits per heavy atom. The first kappa shape index (κ1) is 15.7. The maximum Gasteiger partial charge on any atom is 0.219 e. The fourth-order valence-electron chi connectivity index (χ4n) is 1.65. The molecule has 2 aromatic rings. The molecule has 0 saturated carbocycles. The molecule has 0 unspecified atom stereocenters. The number of aromatic nitrogens is 3. The van der Waals surface area contributed by atoms with Gasteiger partial charge in [-0.15, -0.1) is 21.5 Å². The molecule has 0 aliphatic carbocycles. The number of ketones is 1. The Morgan fingerprint density at radius 2 is 2.24 bits per heavy atom. The second-order valence-electron chi connectivity index (χ2n) is 4.33. The lowest BCUT2D eigenvalue weighted by Gasteiger charge is -2.07. The third kappa shape index (κ3) is 4.15. The van der Waals surface area contributed by atoms with E-state index in [2.05, 4.69) is 10.2 Å². The Labute approximate surface area is 130 Å². The summed E-state index contributed by atoms with van der Waals surface area (Å²) in [4.78, 5) is 23.4.